The number of benzene rings is 1. The Labute approximate surface area is 202 Å². The van der Waals surface area contributed by atoms with Crippen molar-refractivity contribution >= 4 is 24.1 Å². The first-order valence-corrected chi connectivity index (χ1v) is 12.6. The summed E-state index contributed by atoms with van der Waals surface area (Å²) in [5.41, 5.74) is 0.874. The Morgan fingerprint density at radius 2 is 1.44 bits per heavy atom. The second kappa shape index (κ2) is 11.9. The van der Waals surface area contributed by atoms with E-state index in [0.29, 0.717) is 19.2 Å². The predicted molar refractivity (Wildman–Crippen MR) is 137 cm³/mol. The van der Waals surface area contributed by atoms with Crippen LogP contribution in [0.4, 0.5) is 17.8 Å². The van der Waals surface area contributed by atoms with Crippen molar-refractivity contribution in [3.8, 4) is 11.5 Å². The van der Waals surface area contributed by atoms with Gasteiger partial charge in [0.2, 0.25) is 11.9 Å². The smallest absolute Gasteiger partial charge is 0.252 e. The van der Waals surface area contributed by atoms with Crippen molar-refractivity contribution < 1.29 is 9.47 Å². The molecule has 34 heavy (non-hydrogen) atoms. The fourth-order valence-corrected chi connectivity index (χ4v) is 4.32. The van der Waals surface area contributed by atoms with E-state index in [0.717, 1.165) is 55.1 Å². The zero-order valence-electron chi connectivity index (χ0n) is 20.7. The molecule has 0 amide bonds. The number of ether oxygens (including phenoxy) is 2. The van der Waals surface area contributed by atoms with Gasteiger partial charge >= 0.3 is 0 Å². The van der Waals surface area contributed by atoms with E-state index in [2.05, 4.69) is 14.9 Å². The van der Waals surface area contributed by atoms with Crippen molar-refractivity contribution in [1.82, 2.24) is 15.0 Å². The molecule has 2 aromatic rings. The molecule has 1 aromatic carbocycles. The van der Waals surface area contributed by atoms with E-state index < -0.39 is 0 Å². The number of anilines is 3. The lowest BCUT2D eigenvalue weighted by molar-refractivity contribution is 0.323. The molecule has 0 unspecified atom stereocenters. The molecule has 0 atom stereocenters. The van der Waals surface area contributed by atoms with Crippen LogP contribution >= 0.6 is 0 Å². The summed E-state index contributed by atoms with van der Waals surface area (Å²) in [7, 11) is 1.88. The van der Waals surface area contributed by atoms with Gasteiger partial charge in [0.1, 0.15) is 11.5 Å². The number of nitrogens with zero attached hydrogens (tertiary/aromatic N) is 7. The largest absolute Gasteiger partial charge is 0.494 e. The molecule has 0 radical (unpaired) electrons. The average Bonchev–Trinajstić information content (AvgIpc) is 2.89. The maximum Gasteiger partial charge on any atom is 0.252 e. The molecule has 2 fully saturated rings. The summed E-state index contributed by atoms with van der Waals surface area (Å²) in [6.07, 6.45) is 9.01. The van der Waals surface area contributed by atoms with Gasteiger partial charge in [-0.3, -0.25) is 0 Å². The molecule has 9 heteroatoms. The molecule has 3 heterocycles. The molecule has 1 aromatic heterocycles. The molecule has 2 saturated heterocycles. The van der Waals surface area contributed by atoms with Crippen LogP contribution in [0.2, 0.25) is 0 Å². The second-order valence-corrected chi connectivity index (χ2v) is 8.66. The van der Waals surface area contributed by atoms with Crippen molar-refractivity contribution in [3.05, 3.63) is 23.8 Å². The molecule has 2 aliphatic heterocycles. The highest BCUT2D eigenvalue weighted by Gasteiger charge is 2.21. The Hall–Kier alpha value is -3.10. The summed E-state index contributed by atoms with van der Waals surface area (Å²) in [5.74, 6) is 3.58. The van der Waals surface area contributed by atoms with Crippen molar-refractivity contribution in [2.75, 3.05) is 61.2 Å². The van der Waals surface area contributed by atoms with Gasteiger partial charge in [-0.05, 0) is 64.5 Å². The zero-order chi connectivity index (χ0) is 23.8. The summed E-state index contributed by atoms with van der Waals surface area (Å²) in [4.78, 5) is 19.0. The molecule has 0 spiro atoms. The molecule has 4 rings (SSSR count). The number of piperidine rings is 2. The van der Waals surface area contributed by atoms with Crippen molar-refractivity contribution in [3.63, 3.8) is 0 Å². The number of hydrazone groups is 1. The summed E-state index contributed by atoms with van der Waals surface area (Å²) in [6, 6.07) is 5.79. The van der Waals surface area contributed by atoms with Crippen LogP contribution in [-0.4, -0.2) is 67.6 Å². The van der Waals surface area contributed by atoms with Gasteiger partial charge in [-0.15, -0.1) is 0 Å². The van der Waals surface area contributed by atoms with Gasteiger partial charge < -0.3 is 19.3 Å². The Bertz CT molecular complexity index is 920. The molecule has 2 aliphatic rings. The zero-order valence-corrected chi connectivity index (χ0v) is 20.7. The number of hydrogen-bond acceptors (Lipinski definition) is 9. The molecule has 184 valence electrons. The van der Waals surface area contributed by atoms with Crippen LogP contribution in [0.1, 0.15) is 57.9 Å². The van der Waals surface area contributed by atoms with Gasteiger partial charge in [-0.25, -0.2) is 5.01 Å². The summed E-state index contributed by atoms with van der Waals surface area (Å²) >= 11 is 0. The predicted octanol–water partition coefficient (Wildman–Crippen LogP) is 4.12. The summed E-state index contributed by atoms with van der Waals surface area (Å²) < 4.78 is 11.4. The van der Waals surface area contributed by atoms with E-state index in [1.165, 1.54) is 38.5 Å². The normalized spacial score (nSPS) is 16.7. The first-order chi connectivity index (χ1) is 16.7. The van der Waals surface area contributed by atoms with E-state index >= 15 is 0 Å². The minimum Gasteiger partial charge on any atom is -0.494 e. The van der Waals surface area contributed by atoms with Crippen LogP contribution < -0.4 is 24.3 Å². The third-order valence-electron chi connectivity index (χ3n) is 6.13. The maximum absolute atomic E-state index is 5.81. The monoisotopic (exact) mass is 467 g/mol. The molecular formula is C25H37N7O2. The fraction of sp³-hybridized carbons (Fsp3) is 0.600. The lowest BCUT2D eigenvalue weighted by atomic mass is 10.1. The Morgan fingerprint density at radius 3 is 2.00 bits per heavy atom. The van der Waals surface area contributed by atoms with Gasteiger partial charge in [-0.1, -0.05) is 0 Å². The maximum atomic E-state index is 5.81. The van der Waals surface area contributed by atoms with Crippen LogP contribution in [0.15, 0.2) is 23.3 Å². The van der Waals surface area contributed by atoms with Crippen LogP contribution in [-0.2, 0) is 0 Å². The van der Waals surface area contributed by atoms with E-state index in [9.17, 15) is 0 Å². The second-order valence-electron chi connectivity index (χ2n) is 8.66. The van der Waals surface area contributed by atoms with E-state index in [4.69, 9.17) is 24.4 Å². The topological polar surface area (TPSA) is 79.2 Å². The molecule has 0 bridgehead atoms. The van der Waals surface area contributed by atoms with E-state index in [1.54, 1.807) is 11.2 Å². The fourth-order valence-electron chi connectivity index (χ4n) is 4.32. The van der Waals surface area contributed by atoms with E-state index in [-0.39, 0.29) is 0 Å². The third kappa shape index (κ3) is 6.07. The highest BCUT2D eigenvalue weighted by molar-refractivity contribution is 5.84. The number of rotatable bonds is 9. The minimum absolute atomic E-state index is 0.552. The van der Waals surface area contributed by atoms with Gasteiger partial charge in [0.15, 0.2) is 0 Å². The van der Waals surface area contributed by atoms with E-state index in [1.807, 2.05) is 39.1 Å². The van der Waals surface area contributed by atoms with Crippen molar-refractivity contribution in [2.45, 2.75) is 52.4 Å². The molecule has 0 saturated carbocycles. The lowest BCUT2D eigenvalue weighted by Gasteiger charge is -2.30. The standard InChI is InChI=1S/C25H37N7O2/c1-4-33-21-13-12-20(22(18-21)34-5-2)19-26-30(3)23-27-24(31-14-8-6-9-15-31)29-25(28-23)32-16-10-7-11-17-32/h12-13,18-19H,4-11,14-17H2,1-3H3. The Morgan fingerprint density at radius 1 is 0.853 bits per heavy atom. The molecule has 0 aliphatic carbocycles. The van der Waals surface area contributed by atoms with Crippen molar-refractivity contribution in [1.29, 1.82) is 0 Å². The lowest BCUT2D eigenvalue weighted by Crippen LogP contribution is -2.35. The van der Waals surface area contributed by atoms with Crippen molar-refractivity contribution in [2.24, 2.45) is 5.10 Å². The average molecular weight is 468 g/mol. The first kappa shape index (κ1) is 24.0. The number of hydrogen-bond donors (Lipinski definition) is 0. The summed E-state index contributed by atoms with van der Waals surface area (Å²) in [6.45, 7) is 9.06. The molecule has 0 N–H and O–H groups in total. The van der Waals surface area contributed by atoms with Crippen LogP contribution in [0, 0.1) is 0 Å². The highest BCUT2D eigenvalue weighted by atomic mass is 16.5. The van der Waals surface area contributed by atoms with Gasteiger partial charge in [-0.2, -0.15) is 20.1 Å². The minimum atomic E-state index is 0.552. The van der Waals surface area contributed by atoms with Gasteiger partial charge in [0, 0.05) is 44.9 Å². The first-order valence-electron chi connectivity index (χ1n) is 12.6. The van der Waals surface area contributed by atoms with Crippen LogP contribution in [0.3, 0.4) is 0 Å². The number of aromatic nitrogens is 3. The highest BCUT2D eigenvalue weighted by Crippen LogP contribution is 2.26. The Balaban J connectivity index is 1.60. The van der Waals surface area contributed by atoms with Gasteiger partial charge in [0.05, 0.1) is 19.4 Å². The summed E-state index contributed by atoms with van der Waals surface area (Å²) in [5, 5.41) is 6.37. The quantitative estimate of drug-likeness (QED) is 0.403. The SMILES string of the molecule is CCOc1ccc(C=NN(C)c2nc(N3CCCCC3)nc(N3CCCCC3)n2)c(OCC)c1. The van der Waals surface area contributed by atoms with Gasteiger partial charge in [0.25, 0.3) is 5.95 Å². The van der Waals surface area contributed by atoms with Crippen LogP contribution in [0.25, 0.3) is 0 Å². The Kier molecular flexibility index (Phi) is 8.38. The molecular weight excluding hydrogens is 430 g/mol. The third-order valence-corrected chi connectivity index (χ3v) is 6.13. The van der Waals surface area contributed by atoms with Crippen LogP contribution in [0.5, 0.6) is 11.5 Å². The molecule has 9 nitrogen and oxygen atoms in total.